The zero-order chi connectivity index (χ0) is 20.2. The van der Waals surface area contributed by atoms with Crippen LogP contribution in [0, 0.1) is 0 Å². The molecule has 2 aromatic rings. The molecule has 0 aromatic heterocycles. The monoisotopic (exact) mass is 510 g/mol. The van der Waals surface area contributed by atoms with Gasteiger partial charge in [0.15, 0.2) is 0 Å². The first-order valence-corrected chi connectivity index (χ1v) is 12.5. The molecule has 0 heterocycles. The Labute approximate surface area is 187 Å². The maximum absolute atomic E-state index is 5.85. The lowest BCUT2D eigenvalue weighted by atomic mass is 9.74. The van der Waals surface area contributed by atoms with E-state index in [1.807, 2.05) is 0 Å². The summed E-state index contributed by atoms with van der Waals surface area (Å²) in [7, 11) is 0. The summed E-state index contributed by atoms with van der Waals surface area (Å²) in [6, 6.07) is 17.2. The molecule has 0 radical (unpaired) electrons. The fraction of sp³-hybridized carbons (Fsp3) is 0.500. The van der Waals surface area contributed by atoms with Crippen LogP contribution in [-0.2, 0) is 5.41 Å². The molecule has 0 amide bonds. The first-order chi connectivity index (χ1) is 13.6. The third-order valence-corrected chi connectivity index (χ3v) is 6.40. The Morgan fingerprint density at radius 3 is 1.39 bits per heavy atom. The van der Waals surface area contributed by atoms with E-state index in [0.29, 0.717) is 0 Å². The SMILES string of the molecule is CCC(C)(c1ccc(OCCCCBr)cc1)c1ccc(OCCCCBr)cc1. The van der Waals surface area contributed by atoms with Gasteiger partial charge in [0, 0.05) is 16.1 Å². The average molecular weight is 512 g/mol. The number of halogens is 2. The molecule has 28 heavy (non-hydrogen) atoms. The molecule has 4 heteroatoms. The lowest BCUT2D eigenvalue weighted by molar-refractivity contribution is 0.309. The molecule has 0 aliphatic heterocycles. The highest BCUT2D eigenvalue weighted by Crippen LogP contribution is 2.36. The molecule has 0 aliphatic carbocycles. The van der Waals surface area contributed by atoms with E-state index in [1.165, 1.54) is 11.1 Å². The largest absolute Gasteiger partial charge is 0.494 e. The molecular formula is C24H32Br2O2. The van der Waals surface area contributed by atoms with Crippen LogP contribution in [0.4, 0.5) is 0 Å². The van der Waals surface area contributed by atoms with Crippen LogP contribution in [0.5, 0.6) is 11.5 Å². The van der Waals surface area contributed by atoms with Crippen molar-refractivity contribution >= 4 is 31.9 Å². The fourth-order valence-electron chi connectivity index (χ4n) is 3.19. The predicted molar refractivity (Wildman–Crippen MR) is 127 cm³/mol. The number of hydrogen-bond donors (Lipinski definition) is 0. The third-order valence-electron chi connectivity index (χ3n) is 5.28. The lowest BCUT2D eigenvalue weighted by Gasteiger charge is -2.30. The van der Waals surface area contributed by atoms with Crippen LogP contribution in [0.3, 0.4) is 0 Å². The van der Waals surface area contributed by atoms with Gasteiger partial charge >= 0.3 is 0 Å². The van der Waals surface area contributed by atoms with Crippen molar-refractivity contribution in [1.29, 1.82) is 0 Å². The van der Waals surface area contributed by atoms with E-state index < -0.39 is 0 Å². The van der Waals surface area contributed by atoms with Gasteiger partial charge in [-0.1, -0.05) is 70.0 Å². The van der Waals surface area contributed by atoms with Gasteiger partial charge in [-0.25, -0.2) is 0 Å². The highest BCUT2D eigenvalue weighted by atomic mass is 79.9. The summed E-state index contributed by atoms with van der Waals surface area (Å²) in [6.45, 7) is 6.10. The lowest BCUT2D eigenvalue weighted by Crippen LogP contribution is -2.22. The van der Waals surface area contributed by atoms with Crippen molar-refractivity contribution in [3.05, 3.63) is 59.7 Å². The van der Waals surface area contributed by atoms with Crippen molar-refractivity contribution in [1.82, 2.24) is 0 Å². The van der Waals surface area contributed by atoms with Gasteiger partial charge in [0.1, 0.15) is 11.5 Å². The Morgan fingerprint density at radius 2 is 1.07 bits per heavy atom. The van der Waals surface area contributed by atoms with Crippen LogP contribution in [0.15, 0.2) is 48.5 Å². The fourth-order valence-corrected chi connectivity index (χ4v) is 3.98. The second-order valence-electron chi connectivity index (χ2n) is 7.22. The summed E-state index contributed by atoms with van der Waals surface area (Å²) in [6.07, 6.45) is 5.46. The van der Waals surface area contributed by atoms with Crippen molar-refractivity contribution < 1.29 is 9.47 Å². The van der Waals surface area contributed by atoms with Crippen LogP contribution in [0.25, 0.3) is 0 Å². The Kier molecular flexibility index (Phi) is 10.4. The molecule has 0 saturated carbocycles. The van der Waals surface area contributed by atoms with Crippen molar-refractivity contribution in [2.45, 2.75) is 51.4 Å². The maximum Gasteiger partial charge on any atom is 0.119 e. The summed E-state index contributed by atoms with van der Waals surface area (Å²) in [5.74, 6) is 1.90. The van der Waals surface area contributed by atoms with E-state index in [2.05, 4.69) is 94.2 Å². The van der Waals surface area contributed by atoms with E-state index in [4.69, 9.17) is 9.47 Å². The first kappa shape index (κ1) is 23.3. The molecule has 0 bridgehead atoms. The topological polar surface area (TPSA) is 18.5 Å². The van der Waals surface area contributed by atoms with E-state index >= 15 is 0 Å². The molecule has 0 saturated heterocycles. The minimum absolute atomic E-state index is 0.0248. The van der Waals surface area contributed by atoms with Crippen molar-refractivity contribution in [2.75, 3.05) is 23.9 Å². The third kappa shape index (κ3) is 6.81. The van der Waals surface area contributed by atoms with Crippen LogP contribution >= 0.6 is 31.9 Å². The number of rotatable bonds is 13. The van der Waals surface area contributed by atoms with Gasteiger partial charge in [-0.2, -0.15) is 0 Å². The quantitative estimate of drug-likeness (QED) is 0.204. The molecular weight excluding hydrogens is 480 g/mol. The molecule has 2 aromatic carbocycles. The van der Waals surface area contributed by atoms with Crippen molar-refractivity contribution in [3.8, 4) is 11.5 Å². The highest BCUT2D eigenvalue weighted by molar-refractivity contribution is 9.09. The Balaban J connectivity index is 2.02. The number of benzene rings is 2. The first-order valence-electron chi connectivity index (χ1n) is 10.2. The van der Waals surface area contributed by atoms with Crippen LogP contribution < -0.4 is 9.47 Å². The van der Waals surface area contributed by atoms with Crippen LogP contribution in [0.2, 0.25) is 0 Å². The number of hydrogen-bond acceptors (Lipinski definition) is 2. The summed E-state index contributed by atoms with van der Waals surface area (Å²) in [5, 5.41) is 2.07. The zero-order valence-corrected chi connectivity index (χ0v) is 20.2. The van der Waals surface area contributed by atoms with Gasteiger partial charge in [0.05, 0.1) is 13.2 Å². The van der Waals surface area contributed by atoms with Gasteiger partial charge in [-0.3, -0.25) is 0 Å². The molecule has 0 spiro atoms. The van der Waals surface area contributed by atoms with E-state index in [1.54, 1.807) is 0 Å². The summed E-state index contributed by atoms with van der Waals surface area (Å²) in [4.78, 5) is 0. The molecule has 2 rings (SSSR count). The smallest absolute Gasteiger partial charge is 0.119 e. The Hall–Kier alpha value is -1.00. The van der Waals surface area contributed by atoms with Gasteiger partial charge in [0.25, 0.3) is 0 Å². The van der Waals surface area contributed by atoms with Gasteiger partial charge < -0.3 is 9.47 Å². The molecule has 154 valence electrons. The minimum Gasteiger partial charge on any atom is -0.494 e. The molecule has 0 fully saturated rings. The number of unbranched alkanes of at least 4 members (excludes halogenated alkanes) is 2. The molecule has 0 N–H and O–H groups in total. The van der Waals surface area contributed by atoms with E-state index in [0.717, 1.165) is 67.5 Å². The zero-order valence-electron chi connectivity index (χ0n) is 17.1. The molecule has 0 atom stereocenters. The summed E-state index contributed by atoms with van der Waals surface area (Å²) < 4.78 is 11.7. The van der Waals surface area contributed by atoms with Crippen molar-refractivity contribution in [3.63, 3.8) is 0 Å². The standard InChI is InChI=1S/C24H32Br2O2/c1-3-24(2,20-8-12-22(13-9-20)27-18-6-4-16-25)21-10-14-23(15-11-21)28-19-7-5-17-26/h8-15H,3-7,16-19H2,1-2H3. The number of alkyl halides is 2. The van der Waals surface area contributed by atoms with Crippen molar-refractivity contribution in [2.24, 2.45) is 0 Å². The maximum atomic E-state index is 5.85. The van der Waals surface area contributed by atoms with Crippen LogP contribution in [0.1, 0.15) is 57.1 Å². The highest BCUT2D eigenvalue weighted by Gasteiger charge is 2.26. The summed E-state index contributed by atoms with van der Waals surface area (Å²) >= 11 is 6.91. The van der Waals surface area contributed by atoms with Gasteiger partial charge in [0.2, 0.25) is 0 Å². The average Bonchev–Trinajstić information content (AvgIpc) is 2.74. The molecule has 0 aliphatic rings. The predicted octanol–water partition coefficient (Wildman–Crippen LogP) is 7.51. The van der Waals surface area contributed by atoms with E-state index in [-0.39, 0.29) is 5.41 Å². The minimum atomic E-state index is -0.0248. The number of ether oxygens (including phenoxy) is 2. The van der Waals surface area contributed by atoms with E-state index in [9.17, 15) is 0 Å². The van der Waals surface area contributed by atoms with Gasteiger partial charge in [-0.15, -0.1) is 0 Å². The second kappa shape index (κ2) is 12.5. The molecule has 0 unspecified atom stereocenters. The normalized spacial score (nSPS) is 11.4. The van der Waals surface area contributed by atoms with Gasteiger partial charge in [-0.05, 0) is 67.5 Å². The second-order valence-corrected chi connectivity index (χ2v) is 8.81. The summed E-state index contributed by atoms with van der Waals surface area (Å²) in [5.41, 5.74) is 2.60. The Bertz CT molecular complexity index is 613. The Morgan fingerprint density at radius 1 is 0.679 bits per heavy atom. The van der Waals surface area contributed by atoms with Crippen LogP contribution in [-0.4, -0.2) is 23.9 Å². The molecule has 2 nitrogen and oxygen atoms in total.